The standard InChI is InChI=1S/C19H21N7O/c1-19(2,3)26-16-15(11-22-26)17(27)24-18(23-16)20-9-13-10-21-25(12-13)14-7-5-4-6-8-14/h4-8,10-12H,9H2,1-3H3,(H2,20,23,24,27). The van der Waals surface area contributed by atoms with Crippen LogP contribution in [0.4, 0.5) is 5.95 Å². The molecule has 3 aromatic heterocycles. The fraction of sp³-hybridized carbons (Fsp3) is 0.263. The highest BCUT2D eigenvalue weighted by atomic mass is 16.1. The molecular formula is C19H21N7O. The van der Waals surface area contributed by atoms with E-state index < -0.39 is 0 Å². The SMILES string of the molecule is CC(C)(C)n1ncc2c(=O)[nH]c(NCc3cnn(-c4ccccc4)c3)nc21. The molecule has 8 heteroatoms. The molecule has 0 radical (unpaired) electrons. The smallest absolute Gasteiger partial charge is 0.263 e. The van der Waals surface area contributed by atoms with E-state index >= 15 is 0 Å². The van der Waals surface area contributed by atoms with Gasteiger partial charge in [-0.3, -0.25) is 9.78 Å². The lowest BCUT2D eigenvalue weighted by Gasteiger charge is -2.19. The Labute approximate surface area is 155 Å². The lowest BCUT2D eigenvalue weighted by molar-refractivity contribution is 0.366. The third-order valence-corrected chi connectivity index (χ3v) is 4.19. The van der Waals surface area contributed by atoms with Crippen molar-refractivity contribution in [3.63, 3.8) is 0 Å². The van der Waals surface area contributed by atoms with Crippen LogP contribution in [0.15, 0.2) is 53.7 Å². The maximum atomic E-state index is 12.3. The van der Waals surface area contributed by atoms with E-state index in [4.69, 9.17) is 0 Å². The third-order valence-electron chi connectivity index (χ3n) is 4.19. The van der Waals surface area contributed by atoms with Crippen LogP contribution in [0.1, 0.15) is 26.3 Å². The van der Waals surface area contributed by atoms with E-state index in [-0.39, 0.29) is 11.1 Å². The molecule has 0 saturated heterocycles. The summed E-state index contributed by atoms with van der Waals surface area (Å²) in [5.41, 5.74) is 2.06. The van der Waals surface area contributed by atoms with Crippen LogP contribution in [0.3, 0.4) is 0 Å². The number of anilines is 1. The van der Waals surface area contributed by atoms with Gasteiger partial charge in [-0.1, -0.05) is 18.2 Å². The Morgan fingerprint density at radius 2 is 1.89 bits per heavy atom. The van der Waals surface area contributed by atoms with Gasteiger partial charge in [0.05, 0.1) is 23.6 Å². The van der Waals surface area contributed by atoms with Crippen LogP contribution in [-0.2, 0) is 12.1 Å². The molecule has 0 spiro atoms. The molecule has 0 unspecified atom stereocenters. The highest BCUT2D eigenvalue weighted by Crippen LogP contribution is 2.19. The zero-order valence-corrected chi connectivity index (χ0v) is 15.5. The first-order chi connectivity index (χ1) is 12.9. The summed E-state index contributed by atoms with van der Waals surface area (Å²) in [6, 6.07) is 9.89. The number of hydrogen-bond donors (Lipinski definition) is 2. The third kappa shape index (κ3) is 3.33. The lowest BCUT2D eigenvalue weighted by Crippen LogP contribution is -2.24. The molecule has 0 aliphatic heterocycles. The van der Waals surface area contributed by atoms with Gasteiger partial charge in [0.15, 0.2) is 5.65 Å². The Morgan fingerprint density at radius 1 is 1.11 bits per heavy atom. The van der Waals surface area contributed by atoms with Gasteiger partial charge in [-0.15, -0.1) is 0 Å². The topological polar surface area (TPSA) is 93.4 Å². The second kappa shape index (κ2) is 6.39. The van der Waals surface area contributed by atoms with Crippen LogP contribution in [0.5, 0.6) is 0 Å². The van der Waals surface area contributed by atoms with E-state index in [1.165, 1.54) is 0 Å². The molecule has 3 heterocycles. The molecule has 138 valence electrons. The first-order valence-electron chi connectivity index (χ1n) is 8.73. The highest BCUT2D eigenvalue weighted by Gasteiger charge is 2.19. The molecule has 0 bridgehead atoms. The Kier molecular flexibility index (Phi) is 4.02. The summed E-state index contributed by atoms with van der Waals surface area (Å²) in [6.07, 6.45) is 5.29. The van der Waals surface area contributed by atoms with Gasteiger partial charge in [0.1, 0.15) is 5.39 Å². The predicted molar refractivity (Wildman–Crippen MR) is 104 cm³/mol. The van der Waals surface area contributed by atoms with Crippen molar-refractivity contribution in [1.82, 2.24) is 29.5 Å². The molecule has 1 aromatic carbocycles. The molecule has 8 nitrogen and oxygen atoms in total. The average molecular weight is 363 g/mol. The van der Waals surface area contributed by atoms with Crippen LogP contribution in [-0.4, -0.2) is 29.5 Å². The van der Waals surface area contributed by atoms with E-state index in [1.54, 1.807) is 17.1 Å². The van der Waals surface area contributed by atoms with Gasteiger partial charge in [0.25, 0.3) is 5.56 Å². The van der Waals surface area contributed by atoms with E-state index in [0.29, 0.717) is 23.5 Å². The van der Waals surface area contributed by atoms with Crippen molar-refractivity contribution in [1.29, 1.82) is 0 Å². The van der Waals surface area contributed by atoms with Crippen LogP contribution < -0.4 is 10.9 Å². The first-order valence-corrected chi connectivity index (χ1v) is 8.73. The molecule has 0 atom stereocenters. The van der Waals surface area contributed by atoms with Crippen molar-refractivity contribution in [2.24, 2.45) is 0 Å². The predicted octanol–water partition coefficient (Wildman–Crippen LogP) is 2.67. The Hall–Kier alpha value is -3.42. The number of nitrogens with one attached hydrogen (secondary N) is 2. The number of benzene rings is 1. The fourth-order valence-electron chi connectivity index (χ4n) is 2.85. The van der Waals surface area contributed by atoms with Crippen molar-refractivity contribution in [2.75, 3.05) is 5.32 Å². The van der Waals surface area contributed by atoms with Crippen molar-refractivity contribution in [3.05, 3.63) is 64.8 Å². The first kappa shape index (κ1) is 17.0. The number of aromatic amines is 1. The number of nitrogens with zero attached hydrogens (tertiary/aromatic N) is 5. The van der Waals surface area contributed by atoms with Crippen LogP contribution in [0.2, 0.25) is 0 Å². The summed E-state index contributed by atoms with van der Waals surface area (Å²) in [7, 11) is 0. The molecule has 2 N–H and O–H groups in total. The molecule has 4 aromatic rings. The zero-order chi connectivity index (χ0) is 19.0. The minimum absolute atomic E-state index is 0.210. The summed E-state index contributed by atoms with van der Waals surface area (Å²) >= 11 is 0. The molecule has 27 heavy (non-hydrogen) atoms. The van der Waals surface area contributed by atoms with E-state index in [1.807, 2.05) is 62.0 Å². The van der Waals surface area contributed by atoms with Gasteiger partial charge in [-0.2, -0.15) is 15.2 Å². The van der Waals surface area contributed by atoms with Crippen molar-refractivity contribution in [2.45, 2.75) is 32.9 Å². The Balaban J connectivity index is 1.58. The maximum absolute atomic E-state index is 12.3. The van der Waals surface area contributed by atoms with Gasteiger partial charge in [0.2, 0.25) is 5.95 Å². The average Bonchev–Trinajstić information content (AvgIpc) is 3.27. The highest BCUT2D eigenvalue weighted by molar-refractivity contribution is 5.74. The van der Waals surface area contributed by atoms with Gasteiger partial charge in [-0.05, 0) is 32.9 Å². The number of H-pyrrole nitrogens is 1. The summed E-state index contributed by atoms with van der Waals surface area (Å²) in [5.74, 6) is 0.408. The zero-order valence-electron chi connectivity index (χ0n) is 15.5. The van der Waals surface area contributed by atoms with Crippen molar-refractivity contribution in [3.8, 4) is 5.69 Å². The monoisotopic (exact) mass is 363 g/mol. The molecule has 0 aliphatic rings. The summed E-state index contributed by atoms with van der Waals surface area (Å²) in [6.45, 7) is 6.55. The summed E-state index contributed by atoms with van der Waals surface area (Å²) in [4.78, 5) is 19.6. The molecule has 0 amide bonds. The molecule has 0 saturated carbocycles. The van der Waals surface area contributed by atoms with Gasteiger partial charge in [-0.25, -0.2) is 9.36 Å². The number of rotatable bonds is 4. The molecule has 0 aliphatic carbocycles. The summed E-state index contributed by atoms with van der Waals surface area (Å²) in [5, 5.41) is 12.3. The van der Waals surface area contributed by atoms with E-state index in [0.717, 1.165) is 11.3 Å². The largest absolute Gasteiger partial charge is 0.351 e. The quantitative estimate of drug-likeness (QED) is 0.581. The number of para-hydroxylation sites is 1. The van der Waals surface area contributed by atoms with Crippen molar-refractivity contribution >= 4 is 17.0 Å². The van der Waals surface area contributed by atoms with Crippen LogP contribution in [0, 0.1) is 0 Å². The Morgan fingerprint density at radius 3 is 2.63 bits per heavy atom. The Bertz CT molecular complexity index is 1130. The maximum Gasteiger partial charge on any atom is 0.263 e. The minimum atomic E-state index is -0.267. The number of fused-ring (bicyclic) bond motifs is 1. The van der Waals surface area contributed by atoms with Crippen LogP contribution in [0.25, 0.3) is 16.7 Å². The van der Waals surface area contributed by atoms with E-state index in [9.17, 15) is 4.79 Å². The fourth-order valence-corrected chi connectivity index (χ4v) is 2.85. The van der Waals surface area contributed by atoms with Crippen LogP contribution >= 0.6 is 0 Å². The molecule has 4 rings (SSSR count). The minimum Gasteiger partial charge on any atom is -0.351 e. The molecular weight excluding hydrogens is 342 g/mol. The number of aromatic nitrogens is 6. The second-order valence-electron chi connectivity index (χ2n) is 7.36. The molecule has 0 fully saturated rings. The lowest BCUT2D eigenvalue weighted by atomic mass is 10.1. The van der Waals surface area contributed by atoms with E-state index in [2.05, 4.69) is 25.5 Å². The van der Waals surface area contributed by atoms with Gasteiger partial charge < -0.3 is 5.32 Å². The normalized spacial score (nSPS) is 11.8. The number of hydrogen-bond acceptors (Lipinski definition) is 5. The summed E-state index contributed by atoms with van der Waals surface area (Å²) < 4.78 is 3.57. The second-order valence-corrected chi connectivity index (χ2v) is 7.36. The van der Waals surface area contributed by atoms with Gasteiger partial charge >= 0.3 is 0 Å². The van der Waals surface area contributed by atoms with Crippen molar-refractivity contribution < 1.29 is 0 Å². The van der Waals surface area contributed by atoms with Gasteiger partial charge in [0, 0.05) is 18.3 Å².